The van der Waals surface area contributed by atoms with Gasteiger partial charge in [0.05, 0.1) is 25.7 Å². The number of carboxylic acids is 2. The SMILES string of the molecule is CCCCCC/C=C/[N+](CO)(CCCC(=O)[O-])CCCC(=O)O. The number of hydrogen-bond donors (Lipinski definition) is 2. The summed E-state index contributed by atoms with van der Waals surface area (Å²) in [7, 11) is 0. The quantitative estimate of drug-likeness (QED) is 0.270. The number of nitrogens with zero attached hydrogens (tertiary/aromatic N) is 1. The van der Waals surface area contributed by atoms with Crippen molar-refractivity contribution in [2.45, 2.75) is 64.7 Å². The van der Waals surface area contributed by atoms with Gasteiger partial charge in [-0.15, -0.1) is 0 Å². The standard InChI is InChI=1S/C17H31NO5/c1-2-3-4-5-6-7-12-18(15-19,13-8-10-16(20)21)14-9-11-17(22)23/h7,12,19H,2-6,8-11,13-15H2,1H3,(H-,20,21,22,23)/b12-7+. The zero-order valence-corrected chi connectivity index (χ0v) is 14.2. The lowest BCUT2D eigenvalue weighted by Crippen LogP contribution is -2.45. The molecule has 0 bridgehead atoms. The summed E-state index contributed by atoms with van der Waals surface area (Å²) in [5.74, 6) is -1.96. The van der Waals surface area contributed by atoms with Crippen LogP contribution < -0.4 is 5.11 Å². The first kappa shape index (κ1) is 21.6. The van der Waals surface area contributed by atoms with E-state index in [0.29, 0.717) is 25.9 Å². The average Bonchev–Trinajstić information content (AvgIpc) is 2.49. The van der Waals surface area contributed by atoms with Gasteiger partial charge in [0.2, 0.25) is 0 Å². The molecule has 0 aliphatic carbocycles. The van der Waals surface area contributed by atoms with E-state index >= 15 is 0 Å². The van der Waals surface area contributed by atoms with Crippen LogP contribution in [0.25, 0.3) is 0 Å². The molecular formula is C17H31NO5. The molecule has 0 amide bonds. The summed E-state index contributed by atoms with van der Waals surface area (Å²) < 4.78 is 0.217. The number of quaternary nitrogens is 1. The average molecular weight is 329 g/mol. The van der Waals surface area contributed by atoms with Gasteiger partial charge in [0, 0.05) is 18.8 Å². The summed E-state index contributed by atoms with van der Waals surface area (Å²) >= 11 is 0. The summed E-state index contributed by atoms with van der Waals surface area (Å²) in [6.45, 7) is 2.96. The number of allylic oxidation sites excluding steroid dienone is 1. The predicted molar refractivity (Wildman–Crippen MR) is 86.1 cm³/mol. The van der Waals surface area contributed by atoms with Crippen LogP contribution in [0.4, 0.5) is 0 Å². The van der Waals surface area contributed by atoms with Crippen LogP contribution in [-0.2, 0) is 9.59 Å². The molecule has 1 unspecified atom stereocenters. The van der Waals surface area contributed by atoms with E-state index in [1.165, 1.54) is 19.3 Å². The molecule has 0 aromatic carbocycles. The van der Waals surface area contributed by atoms with Gasteiger partial charge in [0.1, 0.15) is 0 Å². The van der Waals surface area contributed by atoms with Crippen molar-refractivity contribution in [1.82, 2.24) is 0 Å². The maximum Gasteiger partial charge on any atom is 0.303 e. The van der Waals surface area contributed by atoms with Gasteiger partial charge in [0.15, 0.2) is 6.73 Å². The second-order valence-electron chi connectivity index (χ2n) is 6.01. The Morgan fingerprint density at radius 1 is 1.04 bits per heavy atom. The first-order chi connectivity index (χ1) is 11.0. The first-order valence-electron chi connectivity index (χ1n) is 8.51. The number of rotatable bonds is 15. The van der Waals surface area contributed by atoms with Gasteiger partial charge < -0.3 is 20.1 Å². The molecule has 2 N–H and O–H groups in total. The largest absolute Gasteiger partial charge is 0.550 e. The molecule has 0 saturated carbocycles. The Kier molecular flexibility index (Phi) is 12.3. The molecule has 0 fully saturated rings. The van der Waals surface area contributed by atoms with Crippen LogP contribution in [0.5, 0.6) is 0 Å². The van der Waals surface area contributed by atoms with Crippen LogP contribution in [0.3, 0.4) is 0 Å². The van der Waals surface area contributed by atoms with Crippen molar-refractivity contribution in [3.05, 3.63) is 12.3 Å². The fraction of sp³-hybridized carbons (Fsp3) is 0.765. The Labute approximate surface area is 139 Å². The highest BCUT2D eigenvalue weighted by Crippen LogP contribution is 2.14. The lowest BCUT2D eigenvalue weighted by molar-refractivity contribution is -0.898. The number of unbranched alkanes of at least 4 members (excludes halogenated alkanes) is 4. The topological polar surface area (TPSA) is 97.7 Å². The number of aliphatic hydroxyl groups is 1. The molecule has 6 heteroatoms. The predicted octanol–water partition coefficient (Wildman–Crippen LogP) is 1.63. The highest BCUT2D eigenvalue weighted by Gasteiger charge is 2.23. The maximum atomic E-state index is 10.7. The molecule has 0 aromatic rings. The molecule has 0 spiro atoms. The zero-order chi connectivity index (χ0) is 17.6. The van der Waals surface area contributed by atoms with E-state index in [0.717, 1.165) is 12.8 Å². The van der Waals surface area contributed by atoms with Gasteiger partial charge in [-0.25, -0.2) is 0 Å². The number of aliphatic carboxylic acids is 2. The maximum absolute atomic E-state index is 10.7. The highest BCUT2D eigenvalue weighted by molar-refractivity contribution is 5.66. The van der Waals surface area contributed by atoms with E-state index < -0.39 is 11.9 Å². The molecule has 0 heterocycles. The monoisotopic (exact) mass is 329 g/mol. The normalized spacial score (nSPS) is 14.0. The number of carbonyl (C=O) groups excluding carboxylic acids is 1. The minimum absolute atomic E-state index is 0.0465. The van der Waals surface area contributed by atoms with Crippen LogP contribution in [0.2, 0.25) is 0 Å². The molecule has 0 aromatic heterocycles. The molecular weight excluding hydrogens is 298 g/mol. The first-order valence-corrected chi connectivity index (χ1v) is 8.51. The van der Waals surface area contributed by atoms with Gasteiger partial charge in [-0.05, 0) is 25.3 Å². The Bertz CT molecular complexity index is 348. The Morgan fingerprint density at radius 2 is 1.70 bits per heavy atom. The van der Waals surface area contributed by atoms with Gasteiger partial charge >= 0.3 is 5.97 Å². The number of carbonyl (C=O) groups is 2. The van der Waals surface area contributed by atoms with Crippen molar-refractivity contribution in [2.24, 2.45) is 0 Å². The van der Waals surface area contributed by atoms with Crippen molar-refractivity contribution >= 4 is 11.9 Å². The Balaban J connectivity index is 4.55. The van der Waals surface area contributed by atoms with E-state index in [1.807, 2.05) is 12.3 Å². The molecule has 0 saturated heterocycles. The van der Waals surface area contributed by atoms with Crippen LogP contribution in [-0.4, -0.2) is 46.5 Å². The minimum atomic E-state index is -1.10. The van der Waals surface area contributed by atoms with E-state index in [-0.39, 0.29) is 24.1 Å². The van der Waals surface area contributed by atoms with Crippen LogP contribution in [0, 0.1) is 0 Å². The van der Waals surface area contributed by atoms with E-state index in [4.69, 9.17) is 5.11 Å². The molecule has 0 rings (SSSR count). The molecule has 23 heavy (non-hydrogen) atoms. The van der Waals surface area contributed by atoms with Gasteiger partial charge in [-0.2, -0.15) is 0 Å². The summed E-state index contributed by atoms with van der Waals surface area (Å²) in [5, 5.41) is 29.1. The van der Waals surface area contributed by atoms with Crippen molar-refractivity contribution in [3.8, 4) is 0 Å². The lowest BCUT2D eigenvalue weighted by Gasteiger charge is -2.33. The summed E-state index contributed by atoms with van der Waals surface area (Å²) in [6.07, 6.45) is 10.3. The second-order valence-corrected chi connectivity index (χ2v) is 6.01. The molecule has 1 atom stereocenters. The summed E-state index contributed by atoms with van der Waals surface area (Å²) in [4.78, 5) is 21.2. The third kappa shape index (κ3) is 11.8. The fourth-order valence-electron chi connectivity index (χ4n) is 2.52. The minimum Gasteiger partial charge on any atom is -0.550 e. The van der Waals surface area contributed by atoms with Crippen LogP contribution in [0.15, 0.2) is 12.3 Å². The number of hydrogen-bond acceptors (Lipinski definition) is 4. The zero-order valence-electron chi connectivity index (χ0n) is 14.2. The van der Waals surface area contributed by atoms with E-state index in [1.54, 1.807) is 0 Å². The van der Waals surface area contributed by atoms with Gasteiger partial charge in [0.25, 0.3) is 0 Å². The Hall–Kier alpha value is -1.40. The molecule has 6 nitrogen and oxygen atoms in total. The van der Waals surface area contributed by atoms with E-state index in [9.17, 15) is 19.8 Å². The van der Waals surface area contributed by atoms with Crippen LogP contribution in [0.1, 0.15) is 64.7 Å². The third-order valence-electron chi connectivity index (χ3n) is 3.91. The second kappa shape index (κ2) is 13.1. The third-order valence-corrected chi connectivity index (χ3v) is 3.91. The van der Waals surface area contributed by atoms with Crippen molar-refractivity contribution in [2.75, 3.05) is 19.8 Å². The molecule has 0 aliphatic rings. The van der Waals surface area contributed by atoms with Crippen molar-refractivity contribution in [3.63, 3.8) is 0 Å². The van der Waals surface area contributed by atoms with E-state index in [2.05, 4.69) is 6.92 Å². The number of aliphatic hydroxyl groups excluding tert-OH is 1. The van der Waals surface area contributed by atoms with Gasteiger partial charge in [-0.1, -0.05) is 26.2 Å². The molecule has 134 valence electrons. The summed E-state index contributed by atoms with van der Waals surface area (Å²) in [6, 6.07) is 0. The smallest absolute Gasteiger partial charge is 0.303 e. The molecule has 0 radical (unpaired) electrons. The highest BCUT2D eigenvalue weighted by atomic mass is 16.4. The van der Waals surface area contributed by atoms with Gasteiger partial charge in [-0.3, -0.25) is 9.28 Å². The van der Waals surface area contributed by atoms with Crippen molar-refractivity contribution in [1.29, 1.82) is 0 Å². The lowest BCUT2D eigenvalue weighted by atomic mass is 10.1. The Morgan fingerprint density at radius 3 is 2.22 bits per heavy atom. The van der Waals surface area contributed by atoms with Crippen LogP contribution >= 0.6 is 0 Å². The number of carboxylic acid groups (broad SMARTS) is 2. The summed E-state index contributed by atoms with van der Waals surface area (Å²) in [5.41, 5.74) is 0. The van der Waals surface area contributed by atoms with Crippen molar-refractivity contribution < 1.29 is 29.4 Å². The molecule has 0 aliphatic heterocycles. The fourth-order valence-corrected chi connectivity index (χ4v) is 2.52.